The summed E-state index contributed by atoms with van der Waals surface area (Å²) in [7, 11) is 0. The molecule has 0 amide bonds. The number of hydrogen-bond acceptors (Lipinski definition) is 5. The van der Waals surface area contributed by atoms with Crippen LogP contribution < -0.4 is 0 Å². The van der Waals surface area contributed by atoms with Crippen LogP contribution >= 0.6 is 11.8 Å². The first-order chi connectivity index (χ1) is 8.84. The third kappa shape index (κ3) is 2.26. The summed E-state index contributed by atoms with van der Waals surface area (Å²) in [6.07, 6.45) is 2.74. The first-order valence-corrected chi connectivity index (χ1v) is 6.91. The van der Waals surface area contributed by atoms with Gasteiger partial charge in [0.15, 0.2) is 0 Å². The monoisotopic (exact) mass is 262 g/mol. The van der Waals surface area contributed by atoms with Crippen molar-refractivity contribution in [3.63, 3.8) is 0 Å². The molecule has 1 N–H and O–H groups in total. The van der Waals surface area contributed by atoms with E-state index >= 15 is 0 Å². The Morgan fingerprint density at radius 3 is 2.78 bits per heavy atom. The van der Waals surface area contributed by atoms with Gasteiger partial charge in [-0.1, -0.05) is 30.0 Å². The number of aliphatic hydroxyl groups is 1. The zero-order chi connectivity index (χ0) is 12.4. The van der Waals surface area contributed by atoms with Crippen LogP contribution in [0.3, 0.4) is 0 Å². The van der Waals surface area contributed by atoms with Crippen molar-refractivity contribution in [1.29, 1.82) is 0 Å². The van der Waals surface area contributed by atoms with Gasteiger partial charge in [-0.15, -0.1) is 5.10 Å². The summed E-state index contributed by atoms with van der Waals surface area (Å²) in [4.78, 5) is 0. The van der Waals surface area contributed by atoms with Crippen molar-refractivity contribution >= 4 is 11.8 Å². The summed E-state index contributed by atoms with van der Waals surface area (Å²) in [5, 5.41) is 22.6. The molecule has 1 fully saturated rings. The molecule has 6 heteroatoms. The van der Waals surface area contributed by atoms with Gasteiger partial charge in [-0.05, 0) is 41.8 Å². The number of hydrogen-bond donors (Lipinski definition) is 1. The SMILES string of the molecule is OC1CCCC1Sc1nnnn1-c1ccccc1. The predicted octanol–water partition coefficient (Wildman–Crippen LogP) is 1.67. The molecule has 1 aromatic heterocycles. The van der Waals surface area contributed by atoms with Gasteiger partial charge in [0.05, 0.1) is 11.8 Å². The van der Waals surface area contributed by atoms with Gasteiger partial charge in [0.2, 0.25) is 5.16 Å². The van der Waals surface area contributed by atoms with Gasteiger partial charge in [-0.3, -0.25) is 0 Å². The van der Waals surface area contributed by atoms with Crippen molar-refractivity contribution < 1.29 is 5.11 Å². The standard InChI is InChI=1S/C12H14N4OS/c17-10-7-4-8-11(10)18-12-13-14-15-16(12)9-5-2-1-3-6-9/h1-3,5-6,10-11,17H,4,7-8H2. The smallest absolute Gasteiger partial charge is 0.214 e. The molecule has 3 rings (SSSR count). The van der Waals surface area contributed by atoms with Gasteiger partial charge < -0.3 is 5.11 Å². The average Bonchev–Trinajstić information content (AvgIpc) is 3.01. The fourth-order valence-corrected chi connectivity index (χ4v) is 3.34. The summed E-state index contributed by atoms with van der Waals surface area (Å²) >= 11 is 1.56. The third-order valence-corrected chi connectivity index (χ3v) is 4.43. The van der Waals surface area contributed by atoms with E-state index in [1.54, 1.807) is 16.4 Å². The molecule has 2 atom stereocenters. The fraction of sp³-hybridized carbons (Fsp3) is 0.417. The summed E-state index contributed by atoms with van der Waals surface area (Å²) in [6.45, 7) is 0. The molecule has 2 unspecified atom stereocenters. The van der Waals surface area contributed by atoms with Gasteiger partial charge in [0.1, 0.15) is 0 Å². The highest BCUT2D eigenvalue weighted by Crippen LogP contribution is 2.34. The topological polar surface area (TPSA) is 63.8 Å². The molecule has 2 aromatic rings. The number of rotatable bonds is 3. The molecule has 0 aliphatic heterocycles. The van der Waals surface area contributed by atoms with Crippen molar-refractivity contribution in [1.82, 2.24) is 20.2 Å². The molecule has 1 aliphatic carbocycles. The quantitative estimate of drug-likeness (QED) is 0.911. The van der Waals surface area contributed by atoms with E-state index in [0.717, 1.165) is 30.1 Å². The largest absolute Gasteiger partial charge is 0.392 e. The minimum absolute atomic E-state index is 0.207. The van der Waals surface area contributed by atoms with Crippen molar-refractivity contribution in [3.8, 4) is 5.69 Å². The lowest BCUT2D eigenvalue weighted by Crippen LogP contribution is -2.16. The number of tetrazole rings is 1. The van der Waals surface area contributed by atoms with Gasteiger partial charge in [-0.25, -0.2) is 0 Å². The fourth-order valence-electron chi connectivity index (χ4n) is 2.16. The molecule has 0 bridgehead atoms. The molecule has 0 saturated heterocycles. The molecule has 94 valence electrons. The number of para-hydroxylation sites is 1. The number of aromatic nitrogens is 4. The van der Waals surface area contributed by atoms with E-state index in [1.807, 2.05) is 30.3 Å². The van der Waals surface area contributed by atoms with Crippen molar-refractivity contribution in [2.75, 3.05) is 0 Å². The molecule has 5 nitrogen and oxygen atoms in total. The first kappa shape index (κ1) is 11.7. The number of aliphatic hydroxyl groups excluding tert-OH is 1. The maximum Gasteiger partial charge on any atom is 0.214 e. The third-order valence-electron chi connectivity index (χ3n) is 3.12. The van der Waals surface area contributed by atoms with E-state index in [1.165, 1.54) is 0 Å². The Morgan fingerprint density at radius 2 is 2.06 bits per heavy atom. The highest BCUT2D eigenvalue weighted by atomic mass is 32.2. The van der Waals surface area contributed by atoms with Gasteiger partial charge in [0, 0.05) is 5.25 Å². The van der Waals surface area contributed by atoms with Crippen LogP contribution in [-0.2, 0) is 0 Å². The van der Waals surface area contributed by atoms with Gasteiger partial charge in [-0.2, -0.15) is 4.68 Å². The first-order valence-electron chi connectivity index (χ1n) is 6.03. The number of nitrogens with zero attached hydrogens (tertiary/aromatic N) is 4. The van der Waals surface area contributed by atoms with Crippen molar-refractivity contribution in [2.45, 2.75) is 35.8 Å². The van der Waals surface area contributed by atoms with Gasteiger partial charge in [0.25, 0.3) is 0 Å². The lowest BCUT2D eigenvalue weighted by atomic mass is 10.3. The van der Waals surface area contributed by atoms with Gasteiger partial charge >= 0.3 is 0 Å². The maximum absolute atomic E-state index is 9.85. The molecule has 1 aliphatic rings. The second-order valence-electron chi connectivity index (χ2n) is 4.36. The van der Waals surface area contributed by atoms with E-state index in [0.29, 0.717) is 0 Å². The van der Waals surface area contributed by atoms with E-state index in [2.05, 4.69) is 15.5 Å². The van der Waals surface area contributed by atoms with Crippen molar-refractivity contribution in [2.24, 2.45) is 0 Å². The van der Waals surface area contributed by atoms with E-state index in [9.17, 15) is 5.11 Å². The summed E-state index contributed by atoms with van der Waals surface area (Å²) in [5.41, 5.74) is 0.942. The van der Waals surface area contributed by atoms with Crippen LogP contribution in [-0.4, -0.2) is 36.7 Å². The molecular formula is C12H14N4OS. The molecule has 1 heterocycles. The molecular weight excluding hydrogens is 248 g/mol. The number of thioether (sulfide) groups is 1. The second-order valence-corrected chi connectivity index (χ2v) is 5.57. The Bertz CT molecular complexity index is 516. The molecule has 0 radical (unpaired) electrons. The lowest BCUT2D eigenvalue weighted by Gasteiger charge is -2.12. The van der Waals surface area contributed by atoms with Crippen LogP contribution in [0.1, 0.15) is 19.3 Å². The Hall–Kier alpha value is -1.40. The molecule has 1 saturated carbocycles. The zero-order valence-corrected chi connectivity index (χ0v) is 10.6. The summed E-state index contributed by atoms with van der Waals surface area (Å²) < 4.78 is 1.72. The average molecular weight is 262 g/mol. The number of benzene rings is 1. The Balaban J connectivity index is 1.84. The summed E-state index contributed by atoms with van der Waals surface area (Å²) in [6, 6.07) is 9.80. The predicted molar refractivity (Wildman–Crippen MR) is 68.7 cm³/mol. The normalized spacial score (nSPS) is 23.4. The Morgan fingerprint density at radius 1 is 1.22 bits per heavy atom. The molecule has 1 aromatic carbocycles. The Labute approximate surface area is 109 Å². The second kappa shape index (κ2) is 5.07. The summed E-state index contributed by atoms with van der Waals surface area (Å²) in [5.74, 6) is 0. The highest BCUT2D eigenvalue weighted by Gasteiger charge is 2.28. The van der Waals surface area contributed by atoms with Crippen LogP contribution in [0, 0.1) is 0 Å². The van der Waals surface area contributed by atoms with Crippen LogP contribution in [0.25, 0.3) is 5.69 Å². The Kier molecular flexibility index (Phi) is 3.29. The minimum atomic E-state index is -0.240. The molecule has 18 heavy (non-hydrogen) atoms. The molecule has 0 spiro atoms. The van der Waals surface area contributed by atoms with E-state index in [4.69, 9.17) is 0 Å². The van der Waals surface area contributed by atoms with E-state index in [-0.39, 0.29) is 11.4 Å². The van der Waals surface area contributed by atoms with Crippen LogP contribution in [0.5, 0.6) is 0 Å². The van der Waals surface area contributed by atoms with Crippen LogP contribution in [0.15, 0.2) is 35.5 Å². The zero-order valence-electron chi connectivity index (χ0n) is 9.81. The van der Waals surface area contributed by atoms with Crippen LogP contribution in [0.4, 0.5) is 0 Å². The lowest BCUT2D eigenvalue weighted by molar-refractivity contribution is 0.188. The van der Waals surface area contributed by atoms with E-state index < -0.39 is 0 Å². The van der Waals surface area contributed by atoms with Crippen molar-refractivity contribution in [3.05, 3.63) is 30.3 Å². The van der Waals surface area contributed by atoms with Crippen LogP contribution in [0.2, 0.25) is 0 Å². The highest BCUT2D eigenvalue weighted by molar-refractivity contribution is 7.99. The maximum atomic E-state index is 9.85. The minimum Gasteiger partial charge on any atom is -0.392 e.